The highest BCUT2D eigenvalue weighted by Crippen LogP contribution is 2.25. The smallest absolute Gasteiger partial charge is 0.270 e. The molecule has 0 amide bonds. The highest BCUT2D eigenvalue weighted by Gasteiger charge is 2.06. The van der Waals surface area contributed by atoms with Crippen LogP contribution in [0.4, 0.5) is 11.4 Å². The second-order valence-electron chi connectivity index (χ2n) is 3.01. The second-order valence-corrected chi connectivity index (χ2v) is 3.01. The number of nitro benzene ring substituents is 1. The van der Waals surface area contributed by atoms with Gasteiger partial charge in [0.1, 0.15) is 0 Å². The Labute approximate surface area is 80.1 Å². The van der Waals surface area contributed by atoms with E-state index in [2.05, 4.69) is 0 Å². The molecule has 2 rings (SSSR count). The Balaban J connectivity index is 2.76. The van der Waals surface area contributed by atoms with Crippen molar-refractivity contribution in [3.8, 4) is 0 Å². The molecule has 0 aliphatic carbocycles. The lowest BCUT2D eigenvalue weighted by molar-refractivity contribution is -0.384. The fourth-order valence-electron chi connectivity index (χ4n) is 1.40. The third-order valence-corrected chi connectivity index (χ3v) is 2.11. The van der Waals surface area contributed by atoms with Gasteiger partial charge in [-0.05, 0) is 17.5 Å². The number of non-ortho nitro benzene ring substituents is 1. The highest BCUT2D eigenvalue weighted by molar-refractivity contribution is 5.94. The Hall–Kier alpha value is -2.10. The van der Waals surface area contributed by atoms with Gasteiger partial charge in [0.25, 0.3) is 5.69 Å². The van der Waals surface area contributed by atoms with E-state index in [4.69, 9.17) is 5.73 Å². The Morgan fingerprint density at radius 2 is 2.00 bits per heavy atom. The Bertz CT molecular complexity index is 508. The summed E-state index contributed by atoms with van der Waals surface area (Å²) in [7, 11) is 0. The van der Waals surface area contributed by atoms with Crippen molar-refractivity contribution in [2.45, 2.75) is 0 Å². The van der Waals surface area contributed by atoms with Crippen molar-refractivity contribution in [3.63, 3.8) is 0 Å². The van der Waals surface area contributed by atoms with E-state index in [-0.39, 0.29) is 5.69 Å². The molecule has 2 aromatic rings. The van der Waals surface area contributed by atoms with Crippen molar-refractivity contribution in [1.82, 2.24) is 0 Å². The molecule has 2 aromatic carbocycles. The van der Waals surface area contributed by atoms with Gasteiger partial charge in [0.05, 0.1) is 4.92 Å². The lowest BCUT2D eigenvalue weighted by Crippen LogP contribution is -1.90. The molecule has 0 saturated carbocycles. The van der Waals surface area contributed by atoms with Gasteiger partial charge >= 0.3 is 0 Å². The van der Waals surface area contributed by atoms with Crippen molar-refractivity contribution in [3.05, 3.63) is 46.5 Å². The molecule has 0 saturated heterocycles. The first kappa shape index (κ1) is 8.50. The number of hydrogen-bond donors (Lipinski definition) is 1. The standard InChI is InChI=1S/C10H8N2O2/c11-10-3-1-2-7-4-5-8(12(13)14)6-9(7)10/h1-6H,11H2. The monoisotopic (exact) mass is 188 g/mol. The SMILES string of the molecule is Nc1cccc2ccc([N+](=O)[O-])cc12. The topological polar surface area (TPSA) is 69.2 Å². The molecular formula is C10H8N2O2. The molecule has 0 aliphatic rings. The van der Waals surface area contributed by atoms with Gasteiger partial charge in [-0.15, -0.1) is 0 Å². The van der Waals surface area contributed by atoms with Crippen LogP contribution in [-0.4, -0.2) is 4.92 Å². The fourth-order valence-corrected chi connectivity index (χ4v) is 1.40. The lowest BCUT2D eigenvalue weighted by Gasteiger charge is -2.00. The van der Waals surface area contributed by atoms with Crippen molar-refractivity contribution >= 4 is 22.1 Å². The van der Waals surface area contributed by atoms with Crippen molar-refractivity contribution < 1.29 is 4.92 Å². The van der Waals surface area contributed by atoms with Gasteiger partial charge in [0.2, 0.25) is 0 Å². The maximum atomic E-state index is 10.5. The molecule has 2 N–H and O–H groups in total. The summed E-state index contributed by atoms with van der Waals surface area (Å²) in [4.78, 5) is 10.1. The molecule has 0 aromatic heterocycles. The van der Waals surface area contributed by atoms with E-state index in [9.17, 15) is 10.1 Å². The molecule has 4 heteroatoms. The summed E-state index contributed by atoms with van der Waals surface area (Å²) in [5, 5.41) is 12.2. The predicted molar refractivity (Wildman–Crippen MR) is 55.0 cm³/mol. The molecule has 70 valence electrons. The van der Waals surface area contributed by atoms with Gasteiger partial charge < -0.3 is 5.73 Å². The van der Waals surface area contributed by atoms with E-state index in [0.29, 0.717) is 5.69 Å². The lowest BCUT2D eigenvalue weighted by atomic mass is 10.1. The molecular weight excluding hydrogens is 180 g/mol. The number of nitrogen functional groups attached to an aromatic ring is 1. The number of fused-ring (bicyclic) bond motifs is 1. The molecule has 0 unspecified atom stereocenters. The molecule has 0 spiro atoms. The predicted octanol–water partition coefficient (Wildman–Crippen LogP) is 2.33. The molecule has 0 bridgehead atoms. The third-order valence-electron chi connectivity index (χ3n) is 2.11. The quantitative estimate of drug-likeness (QED) is 0.424. The maximum Gasteiger partial charge on any atom is 0.270 e. The summed E-state index contributed by atoms with van der Waals surface area (Å²) in [5.41, 5.74) is 6.33. The average Bonchev–Trinajstić information content (AvgIpc) is 2.18. The molecule has 0 radical (unpaired) electrons. The zero-order chi connectivity index (χ0) is 10.1. The molecule has 0 aliphatic heterocycles. The van der Waals surface area contributed by atoms with E-state index in [1.807, 2.05) is 12.1 Å². The van der Waals surface area contributed by atoms with Crippen LogP contribution in [0, 0.1) is 10.1 Å². The first-order valence-electron chi connectivity index (χ1n) is 4.11. The molecule has 0 heterocycles. The average molecular weight is 188 g/mol. The number of nitrogens with two attached hydrogens (primary N) is 1. The number of rotatable bonds is 1. The molecule has 0 fully saturated rings. The number of nitrogens with zero attached hydrogens (tertiary/aromatic N) is 1. The largest absolute Gasteiger partial charge is 0.398 e. The zero-order valence-corrected chi connectivity index (χ0v) is 7.31. The molecule has 14 heavy (non-hydrogen) atoms. The summed E-state index contributed by atoms with van der Waals surface area (Å²) in [6.07, 6.45) is 0. The van der Waals surface area contributed by atoms with Crippen LogP contribution in [0.1, 0.15) is 0 Å². The van der Waals surface area contributed by atoms with Gasteiger partial charge in [0, 0.05) is 23.2 Å². The van der Waals surface area contributed by atoms with Gasteiger partial charge in [-0.2, -0.15) is 0 Å². The normalized spacial score (nSPS) is 10.3. The first-order chi connectivity index (χ1) is 6.68. The minimum atomic E-state index is -0.425. The van der Waals surface area contributed by atoms with Gasteiger partial charge in [-0.25, -0.2) is 0 Å². The van der Waals surface area contributed by atoms with E-state index in [1.165, 1.54) is 12.1 Å². The minimum absolute atomic E-state index is 0.0652. The summed E-state index contributed by atoms with van der Waals surface area (Å²) in [6, 6.07) is 10.1. The Morgan fingerprint density at radius 3 is 2.71 bits per heavy atom. The van der Waals surface area contributed by atoms with Gasteiger partial charge in [-0.1, -0.05) is 12.1 Å². The Kier molecular flexibility index (Phi) is 1.81. The van der Waals surface area contributed by atoms with Crippen LogP contribution in [0.25, 0.3) is 10.8 Å². The van der Waals surface area contributed by atoms with Crippen LogP contribution < -0.4 is 5.73 Å². The van der Waals surface area contributed by atoms with Crippen molar-refractivity contribution in [2.75, 3.05) is 5.73 Å². The summed E-state index contributed by atoms with van der Waals surface area (Å²) in [5.74, 6) is 0. The number of nitro groups is 1. The van der Waals surface area contributed by atoms with E-state index >= 15 is 0 Å². The fraction of sp³-hybridized carbons (Fsp3) is 0. The highest BCUT2D eigenvalue weighted by atomic mass is 16.6. The summed E-state index contributed by atoms with van der Waals surface area (Å²) in [6.45, 7) is 0. The van der Waals surface area contributed by atoms with Crippen LogP contribution in [0.15, 0.2) is 36.4 Å². The van der Waals surface area contributed by atoms with E-state index in [1.54, 1.807) is 12.1 Å². The third kappa shape index (κ3) is 1.26. The van der Waals surface area contributed by atoms with E-state index < -0.39 is 4.92 Å². The zero-order valence-electron chi connectivity index (χ0n) is 7.31. The van der Waals surface area contributed by atoms with Gasteiger partial charge in [-0.3, -0.25) is 10.1 Å². The van der Waals surface area contributed by atoms with Crippen LogP contribution >= 0.6 is 0 Å². The Morgan fingerprint density at radius 1 is 1.21 bits per heavy atom. The maximum absolute atomic E-state index is 10.5. The molecule has 4 nitrogen and oxygen atoms in total. The van der Waals surface area contributed by atoms with Gasteiger partial charge in [0.15, 0.2) is 0 Å². The number of benzene rings is 2. The summed E-state index contributed by atoms with van der Waals surface area (Å²) >= 11 is 0. The minimum Gasteiger partial charge on any atom is -0.398 e. The number of anilines is 1. The van der Waals surface area contributed by atoms with Crippen molar-refractivity contribution in [2.24, 2.45) is 0 Å². The van der Waals surface area contributed by atoms with Crippen LogP contribution in [0.2, 0.25) is 0 Å². The number of hydrogen-bond acceptors (Lipinski definition) is 3. The molecule has 0 atom stereocenters. The van der Waals surface area contributed by atoms with Crippen LogP contribution in [0.3, 0.4) is 0 Å². The second kappa shape index (κ2) is 2.99. The van der Waals surface area contributed by atoms with Crippen molar-refractivity contribution in [1.29, 1.82) is 0 Å². The summed E-state index contributed by atoms with van der Waals surface area (Å²) < 4.78 is 0. The van der Waals surface area contributed by atoms with Crippen LogP contribution in [0.5, 0.6) is 0 Å². The first-order valence-corrected chi connectivity index (χ1v) is 4.11. The van der Waals surface area contributed by atoms with E-state index in [0.717, 1.165) is 10.8 Å². The van der Waals surface area contributed by atoms with Crippen LogP contribution in [-0.2, 0) is 0 Å².